The Hall–Kier alpha value is -2.47. The monoisotopic (exact) mass is 335 g/mol. The molecule has 1 aromatic heterocycles. The minimum absolute atomic E-state index is 0.260. The number of anilines is 1. The normalized spacial score (nSPS) is 11.0. The van der Waals surface area contributed by atoms with E-state index in [1.165, 1.54) is 19.4 Å². The van der Waals surface area contributed by atoms with Crippen molar-refractivity contribution in [3.8, 4) is 11.5 Å². The molecule has 23 heavy (non-hydrogen) atoms. The number of hydrogen-bond donors (Lipinski definition) is 1. The number of hydrogen-bond acceptors (Lipinski definition) is 5. The minimum Gasteiger partial charge on any atom is -0.491 e. The Bertz CT molecular complexity index is 800. The standard InChI is InChI=1S/C16H18ClN3O3/c1-4-23-13-8-11(7-12(17)16(13)22-3)9-19-20-14(18)5-10(2)6-15(20)21/h5-9H,4,18H2,1-3H3/b19-9-. The Balaban J connectivity index is 2.42. The smallest absolute Gasteiger partial charge is 0.273 e. The molecule has 1 aromatic carbocycles. The summed E-state index contributed by atoms with van der Waals surface area (Å²) >= 11 is 6.18. The van der Waals surface area contributed by atoms with Gasteiger partial charge in [-0.3, -0.25) is 4.79 Å². The van der Waals surface area contributed by atoms with E-state index in [0.717, 1.165) is 10.2 Å². The fourth-order valence-electron chi connectivity index (χ4n) is 2.09. The van der Waals surface area contributed by atoms with Crippen LogP contribution in [-0.4, -0.2) is 24.6 Å². The summed E-state index contributed by atoms with van der Waals surface area (Å²) in [5, 5.41) is 4.51. The van der Waals surface area contributed by atoms with Gasteiger partial charge < -0.3 is 15.2 Å². The van der Waals surface area contributed by atoms with Crippen LogP contribution in [0.5, 0.6) is 11.5 Å². The Kier molecular flexibility index (Phi) is 5.28. The number of rotatable bonds is 5. The first-order valence-electron chi connectivity index (χ1n) is 7.00. The molecule has 2 aromatic rings. The van der Waals surface area contributed by atoms with E-state index in [1.807, 2.05) is 6.92 Å². The van der Waals surface area contributed by atoms with E-state index < -0.39 is 0 Å². The van der Waals surface area contributed by atoms with Gasteiger partial charge in [0, 0.05) is 6.07 Å². The summed E-state index contributed by atoms with van der Waals surface area (Å²) < 4.78 is 11.8. The van der Waals surface area contributed by atoms with E-state index in [2.05, 4.69) is 5.10 Å². The van der Waals surface area contributed by atoms with Crippen LogP contribution in [0.3, 0.4) is 0 Å². The van der Waals surface area contributed by atoms with E-state index in [0.29, 0.717) is 28.7 Å². The number of nitrogens with two attached hydrogens (primary N) is 1. The topological polar surface area (TPSA) is 78.8 Å². The van der Waals surface area contributed by atoms with E-state index in [-0.39, 0.29) is 11.4 Å². The third-order valence-corrected chi connectivity index (χ3v) is 3.32. The zero-order valence-electron chi connectivity index (χ0n) is 13.2. The molecule has 0 aliphatic carbocycles. The maximum absolute atomic E-state index is 11.9. The lowest BCUT2D eigenvalue weighted by Gasteiger charge is -2.11. The molecule has 0 fully saturated rings. The van der Waals surface area contributed by atoms with Crippen LogP contribution in [0, 0.1) is 6.92 Å². The van der Waals surface area contributed by atoms with Gasteiger partial charge in [0.25, 0.3) is 5.56 Å². The number of halogens is 1. The molecule has 122 valence electrons. The summed E-state index contributed by atoms with van der Waals surface area (Å²) in [6.07, 6.45) is 1.49. The minimum atomic E-state index is -0.302. The van der Waals surface area contributed by atoms with E-state index in [1.54, 1.807) is 25.1 Å². The van der Waals surface area contributed by atoms with Crippen molar-refractivity contribution < 1.29 is 9.47 Å². The van der Waals surface area contributed by atoms with Crippen molar-refractivity contribution in [1.29, 1.82) is 0 Å². The Morgan fingerprint density at radius 2 is 2.09 bits per heavy atom. The number of methoxy groups -OCH3 is 1. The quantitative estimate of drug-likeness (QED) is 0.852. The molecule has 0 unspecified atom stereocenters. The highest BCUT2D eigenvalue weighted by Crippen LogP contribution is 2.35. The Morgan fingerprint density at radius 3 is 2.70 bits per heavy atom. The molecule has 2 rings (SSSR count). The van der Waals surface area contributed by atoms with E-state index >= 15 is 0 Å². The first-order chi connectivity index (χ1) is 11.0. The fourth-order valence-corrected chi connectivity index (χ4v) is 2.39. The highest BCUT2D eigenvalue weighted by molar-refractivity contribution is 6.32. The maximum Gasteiger partial charge on any atom is 0.273 e. The number of pyridine rings is 1. The summed E-state index contributed by atoms with van der Waals surface area (Å²) in [7, 11) is 1.52. The molecule has 1 heterocycles. The van der Waals surface area contributed by atoms with Crippen molar-refractivity contribution >= 4 is 23.6 Å². The second kappa shape index (κ2) is 7.19. The molecule has 0 amide bonds. The molecular formula is C16H18ClN3O3. The molecule has 0 spiro atoms. The van der Waals surface area contributed by atoms with Gasteiger partial charge in [0.15, 0.2) is 11.5 Å². The van der Waals surface area contributed by atoms with Gasteiger partial charge in [-0.25, -0.2) is 0 Å². The van der Waals surface area contributed by atoms with Crippen LogP contribution in [0.4, 0.5) is 5.82 Å². The Labute approximate surface area is 139 Å². The Morgan fingerprint density at radius 1 is 1.35 bits per heavy atom. The van der Waals surface area contributed by atoms with E-state index in [4.69, 9.17) is 26.8 Å². The second-order valence-electron chi connectivity index (χ2n) is 4.82. The number of ether oxygens (including phenoxy) is 2. The van der Waals surface area contributed by atoms with Crippen molar-refractivity contribution in [1.82, 2.24) is 4.68 Å². The third-order valence-electron chi connectivity index (χ3n) is 3.04. The molecule has 0 radical (unpaired) electrons. The zero-order chi connectivity index (χ0) is 17.0. The molecule has 0 saturated carbocycles. The van der Waals surface area contributed by atoms with Crippen LogP contribution in [0.1, 0.15) is 18.1 Å². The molecule has 0 bridgehead atoms. The number of aryl methyl sites for hydroxylation is 1. The maximum atomic E-state index is 11.9. The summed E-state index contributed by atoms with van der Waals surface area (Å²) in [5.74, 6) is 1.22. The molecule has 0 saturated heterocycles. The molecule has 6 nitrogen and oxygen atoms in total. The second-order valence-corrected chi connectivity index (χ2v) is 5.23. The number of aromatic nitrogens is 1. The van der Waals surface area contributed by atoms with Crippen LogP contribution in [-0.2, 0) is 0 Å². The van der Waals surface area contributed by atoms with Crippen molar-refractivity contribution in [2.45, 2.75) is 13.8 Å². The van der Waals surface area contributed by atoms with Crippen LogP contribution in [0.15, 0.2) is 34.2 Å². The van der Waals surface area contributed by atoms with Gasteiger partial charge in [0.1, 0.15) is 5.82 Å². The SMILES string of the molecule is CCOc1cc(/C=N\n2c(N)cc(C)cc2=O)cc(Cl)c1OC. The first kappa shape index (κ1) is 16.9. The van der Waals surface area contributed by atoms with Gasteiger partial charge in [0.05, 0.1) is 25.0 Å². The van der Waals surface area contributed by atoms with E-state index in [9.17, 15) is 4.79 Å². The average Bonchev–Trinajstić information content (AvgIpc) is 2.46. The van der Waals surface area contributed by atoms with Crippen molar-refractivity contribution in [2.75, 3.05) is 19.5 Å². The molecule has 0 aliphatic rings. The lowest BCUT2D eigenvalue weighted by atomic mass is 10.2. The van der Waals surface area contributed by atoms with Crippen molar-refractivity contribution in [3.63, 3.8) is 0 Å². The van der Waals surface area contributed by atoms with Gasteiger partial charge >= 0.3 is 0 Å². The highest BCUT2D eigenvalue weighted by atomic mass is 35.5. The zero-order valence-corrected chi connectivity index (χ0v) is 13.9. The number of nitrogen functional groups attached to an aromatic ring is 1. The molecule has 0 aliphatic heterocycles. The van der Waals surface area contributed by atoms with Crippen LogP contribution in [0.2, 0.25) is 5.02 Å². The fraction of sp³-hybridized carbons (Fsp3) is 0.250. The van der Waals surface area contributed by atoms with Gasteiger partial charge in [-0.2, -0.15) is 9.78 Å². The molecule has 2 N–H and O–H groups in total. The van der Waals surface area contributed by atoms with Gasteiger partial charge in [-0.05, 0) is 43.2 Å². The summed E-state index contributed by atoms with van der Waals surface area (Å²) in [5.41, 5.74) is 6.96. The van der Waals surface area contributed by atoms with Gasteiger partial charge in [0.2, 0.25) is 0 Å². The van der Waals surface area contributed by atoms with Crippen molar-refractivity contribution in [3.05, 3.63) is 50.8 Å². The van der Waals surface area contributed by atoms with Crippen LogP contribution >= 0.6 is 11.6 Å². The van der Waals surface area contributed by atoms with Gasteiger partial charge in [-0.1, -0.05) is 11.6 Å². The molecule has 0 atom stereocenters. The molecular weight excluding hydrogens is 318 g/mol. The van der Waals surface area contributed by atoms with Gasteiger partial charge in [-0.15, -0.1) is 0 Å². The summed E-state index contributed by atoms with van der Waals surface area (Å²) in [6, 6.07) is 6.53. The first-order valence-corrected chi connectivity index (χ1v) is 7.38. The number of benzene rings is 1. The largest absolute Gasteiger partial charge is 0.491 e. The predicted molar refractivity (Wildman–Crippen MR) is 92.0 cm³/mol. The van der Waals surface area contributed by atoms with Crippen LogP contribution < -0.4 is 20.8 Å². The lowest BCUT2D eigenvalue weighted by Crippen LogP contribution is -2.19. The number of nitrogens with zero attached hydrogens (tertiary/aromatic N) is 2. The third kappa shape index (κ3) is 3.84. The van der Waals surface area contributed by atoms with Crippen molar-refractivity contribution in [2.24, 2.45) is 5.10 Å². The lowest BCUT2D eigenvalue weighted by molar-refractivity contribution is 0.311. The summed E-state index contributed by atoms with van der Waals surface area (Å²) in [6.45, 7) is 4.13. The average molecular weight is 336 g/mol. The van der Waals surface area contributed by atoms with Crippen LogP contribution in [0.25, 0.3) is 0 Å². The predicted octanol–water partition coefficient (Wildman–Crippen LogP) is 2.68. The highest BCUT2D eigenvalue weighted by Gasteiger charge is 2.11. The molecule has 7 heteroatoms. The summed E-state index contributed by atoms with van der Waals surface area (Å²) in [4.78, 5) is 11.9.